The fourth-order valence-corrected chi connectivity index (χ4v) is 3.57. The van der Waals surface area contributed by atoms with Crippen molar-refractivity contribution in [1.29, 1.82) is 0 Å². The first-order chi connectivity index (χ1) is 10.7. The number of anilines is 2. The van der Waals surface area contributed by atoms with E-state index >= 15 is 0 Å². The van der Waals surface area contributed by atoms with Crippen molar-refractivity contribution in [3.8, 4) is 0 Å². The fourth-order valence-electron chi connectivity index (χ4n) is 2.65. The number of nitrogens with one attached hydrogen (secondary N) is 2. The van der Waals surface area contributed by atoms with Crippen LogP contribution >= 0.6 is 11.3 Å². The van der Waals surface area contributed by atoms with Gasteiger partial charge in [0.1, 0.15) is 10.8 Å². The molecule has 0 radical (unpaired) electrons. The molecule has 2 N–H and O–H groups in total. The van der Waals surface area contributed by atoms with Crippen LogP contribution in [0.1, 0.15) is 17.4 Å². The third kappa shape index (κ3) is 2.87. The van der Waals surface area contributed by atoms with Crippen LogP contribution in [0.15, 0.2) is 35.3 Å². The van der Waals surface area contributed by atoms with Crippen LogP contribution in [0.4, 0.5) is 16.4 Å². The molecule has 0 saturated heterocycles. The summed E-state index contributed by atoms with van der Waals surface area (Å²) in [7, 11) is 1.99. The lowest BCUT2D eigenvalue weighted by molar-refractivity contribution is 0.438. The summed E-state index contributed by atoms with van der Waals surface area (Å²) in [6, 6.07) is 10.5. The number of fused-ring (bicyclic) bond motifs is 2. The van der Waals surface area contributed by atoms with Crippen LogP contribution in [0, 0.1) is 6.92 Å². The molecule has 5 heteroatoms. The second-order valence-corrected chi connectivity index (χ2v) is 6.62. The van der Waals surface area contributed by atoms with Gasteiger partial charge in [0.15, 0.2) is 0 Å². The van der Waals surface area contributed by atoms with Gasteiger partial charge in [0.2, 0.25) is 0 Å². The Morgan fingerprint density at radius 3 is 2.91 bits per heavy atom. The van der Waals surface area contributed by atoms with E-state index in [4.69, 9.17) is 4.99 Å². The van der Waals surface area contributed by atoms with E-state index in [0.717, 1.165) is 36.8 Å². The normalized spacial score (nSPS) is 12.8. The maximum absolute atomic E-state index is 4.98. The minimum atomic E-state index is 0.941. The van der Waals surface area contributed by atoms with Gasteiger partial charge >= 0.3 is 0 Å². The van der Waals surface area contributed by atoms with Gasteiger partial charge in [0.25, 0.3) is 0 Å². The van der Waals surface area contributed by atoms with E-state index in [9.17, 15) is 0 Å². The summed E-state index contributed by atoms with van der Waals surface area (Å²) >= 11 is 1.79. The van der Waals surface area contributed by atoms with Crippen LogP contribution in [0.2, 0.25) is 0 Å². The Bertz CT molecular complexity index is 690. The first kappa shape index (κ1) is 15.1. The summed E-state index contributed by atoms with van der Waals surface area (Å²) in [5.41, 5.74) is 3.28. The smallest absolute Gasteiger partial charge is 0.139 e. The molecule has 3 rings (SSSR count). The zero-order chi connectivity index (χ0) is 15.5. The van der Waals surface area contributed by atoms with Crippen LogP contribution in [-0.2, 0) is 0 Å². The molecule has 0 unspecified atom stereocenters. The SMILES string of the molecule is CCN(CCNC)C1=Nc2ccccc2Nc2sc(C)cc21. The molecule has 1 aromatic carbocycles. The summed E-state index contributed by atoms with van der Waals surface area (Å²) in [6.07, 6.45) is 0. The van der Waals surface area contributed by atoms with E-state index in [1.165, 1.54) is 15.4 Å². The number of para-hydroxylation sites is 2. The first-order valence-electron chi connectivity index (χ1n) is 7.68. The fraction of sp³-hybridized carbons (Fsp3) is 0.353. The summed E-state index contributed by atoms with van der Waals surface area (Å²) in [5.74, 6) is 1.06. The molecule has 4 nitrogen and oxygen atoms in total. The van der Waals surface area contributed by atoms with Crippen LogP contribution in [0.5, 0.6) is 0 Å². The molecule has 0 spiro atoms. The standard InChI is InChI=1S/C17H22N4S/c1-4-21(10-9-18-3)16-13-11-12(2)22-17(13)20-15-8-6-5-7-14(15)19-16/h5-8,11,18,20H,4,9-10H2,1-3H3. The first-order valence-corrected chi connectivity index (χ1v) is 8.49. The van der Waals surface area contributed by atoms with Crippen molar-refractivity contribution in [3.05, 3.63) is 40.8 Å². The molecule has 22 heavy (non-hydrogen) atoms. The van der Waals surface area contributed by atoms with Gasteiger partial charge in [-0.1, -0.05) is 12.1 Å². The Morgan fingerprint density at radius 2 is 2.14 bits per heavy atom. The van der Waals surface area contributed by atoms with E-state index in [1.54, 1.807) is 11.3 Å². The number of benzene rings is 1. The molecule has 2 aromatic rings. The lowest BCUT2D eigenvalue weighted by Crippen LogP contribution is -2.36. The molecule has 1 aliphatic rings. The number of hydrogen-bond donors (Lipinski definition) is 2. The Kier molecular flexibility index (Phi) is 4.45. The van der Waals surface area contributed by atoms with Crippen molar-refractivity contribution in [2.45, 2.75) is 13.8 Å². The molecule has 0 aliphatic carbocycles. The van der Waals surface area contributed by atoms with Crippen molar-refractivity contribution < 1.29 is 0 Å². The Labute approximate surface area is 135 Å². The van der Waals surface area contributed by atoms with Gasteiger partial charge in [-0.3, -0.25) is 0 Å². The number of nitrogens with zero attached hydrogens (tertiary/aromatic N) is 2. The number of aliphatic imine (C=N–C) groups is 1. The molecule has 116 valence electrons. The summed E-state index contributed by atoms with van der Waals surface area (Å²) in [4.78, 5) is 8.62. The third-order valence-electron chi connectivity index (χ3n) is 3.79. The number of rotatable bonds is 4. The van der Waals surface area contributed by atoms with Gasteiger partial charge in [-0.25, -0.2) is 4.99 Å². The number of thiophene rings is 1. The minimum Gasteiger partial charge on any atom is -0.355 e. The second-order valence-electron chi connectivity index (χ2n) is 5.36. The number of amidine groups is 1. The molecule has 0 bridgehead atoms. The number of aryl methyl sites for hydroxylation is 1. The summed E-state index contributed by atoms with van der Waals surface area (Å²) < 4.78 is 0. The highest BCUT2D eigenvalue weighted by atomic mass is 32.1. The van der Waals surface area contributed by atoms with Gasteiger partial charge in [-0.05, 0) is 39.1 Å². The van der Waals surface area contributed by atoms with E-state index in [-0.39, 0.29) is 0 Å². The molecule has 0 atom stereocenters. The van der Waals surface area contributed by atoms with Gasteiger partial charge < -0.3 is 15.5 Å². The van der Waals surface area contributed by atoms with Gasteiger partial charge in [-0.15, -0.1) is 11.3 Å². The molecule has 0 fully saturated rings. The van der Waals surface area contributed by atoms with Crippen LogP contribution < -0.4 is 10.6 Å². The van der Waals surface area contributed by atoms with Gasteiger partial charge in [0.05, 0.1) is 16.9 Å². The quantitative estimate of drug-likeness (QED) is 0.903. The zero-order valence-electron chi connectivity index (χ0n) is 13.3. The molecule has 0 amide bonds. The third-order valence-corrected chi connectivity index (χ3v) is 4.75. The van der Waals surface area contributed by atoms with E-state index in [2.05, 4.69) is 47.6 Å². The second kappa shape index (κ2) is 6.50. The zero-order valence-corrected chi connectivity index (χ0v) is 14.1. The monoisotopic (exact) mass is 314 g/mol. The number of likely N-dealkylation sites (N-methyl/N-ethyl adjacent to an activating group) is 2. The van der Waals surface area contributed by atoms with Gasteiger partial charge in [-0.2, -0.15) is 0 Å². The van der Waals surface area contributed by atoms with Crippen molar-refractivity contribution in [3.63, 3.8) is 0 Å². The predicted molar refractivity (Wildman–Crippen MR) is 96.2 cm³/mol. The average molecular weight is 314 g/mol. The van der Waals surface area contributed by atoms with E-state index < -0.39 is 0 Å². The lowest BCUT2D eigenvalue weighted by Gasteiger charge is -2.24. The van der Waals surface area contributed by atoms with Crippen molar-refractivity contribution >= 4 is 33.5 Å². The van der Waals surface area contributed by atoms with Crippen molar-refractivity contribution in [1.82, 2.24) is 10.2 Å². The largest absolute Gasteiger partial charge is 0.355 e. The van der Waals surface area contributed by atoms with E-state index in [0.29, 0.717) is 0 Å². The maximum Gasteiger partial charge on any atom is 0.139 e. The highest BCUT2D eigenvalue weighted by Gasteiger charge is 2.22. The predicted octanol–water partition coefficient (Wildman–Crippen LogP) is 3.73. The Balaban J connectivity index is 2.09. The number of hydrogen-bond acceptors (Lipinski definition) is 5. The topological polar surface area (TPSA) is 39.7 Å². The van der Waals surface area contributed by atoms with E-state index in [1.807, 2.05) is 19.2 Å². The van der Waals surface area contributed by atoms with Crippen LogP contribution in [0.25, 0.3) is 0 Å². The minimum absolute atomic E-state index is 0.941. The molecular weight excluding hydrogens is 292 g/mol. The van der Waals surface area contributed by atoms with Gasteiger partial charge in [0, 0.05) is 24.5 Å². The summed E-state index contributed by atoms with van der Waals surface area (Å²) in [6.45, 7) is 7.16. The Hall–Kier alpha value is -1.85. The highest BCUT2D eigenvalue weighted by molar-refractivity contribution is 7.16. The van der Waals surface area contributed by atoms with Crippen LogP contribution in [-0.4, -0.2) is 37.4 Å². The molecule has 0 saturated carbocycles. The lowest BCUT2D eigenvalue weighted by atomic mass is 10.2. The molecule has 1 aliphatic heterocycles. The van der Waals surface area contributed by atoms with Crippen molar-refractivity contribution in [2.24, 2.45) is 4.99 Å². The molecule has 2 heterocycles. The van der Waals surface area contributed by atoms with Crippen molar-refractivity contribution in [2.75, 3.05) is 32.0 Å². The molecule has 1 aromatic heterocycles. The van der Waals surface area contributed by atoms with Crippen LogP contribution in [0.3, 0.4) is 0 Å². The Morgan fingerprint density at radius 1 is 1.32 bits per heavy atom. The molecular formula is C17H22N4S. The maximum atomic E-state index is 4.98. The summed E-state index contributed by atoms with van der Waals surface area (Å²) in [5, 5.41) is 7.96. The highest BCUT2D eigenvalue weighted by Crippen LogP contribution is 2.38. The average Bonchev–Trinajstić information content (AvgIpc) is 2.81.